The number of carbonyl (C=O) groups excluding carboxylic acids is 2. The molecule has 2 aromatic rings. The molecule has 1 aromatic heterocycles. The van der Waals surface area contributed by atoms with E-state index >= 15 is 0 Å². The smallest absolute Gasteiger partial charge is 0.349 e. The van der Waals surface area contributed by atoms with Crippen LogP contribution in [0.5, 0.6) is 0 Å². The van der Waals surface area contributed by atoms with Crippen LogP contribution < -0.4 is 5.32 Å². The van der Waals surface area contributed by atoms with Gasteiger partial charge in [0.05, 0.1) is 0 Å². The molecule has 132 valence electrons. The third kappa shape index (κ3) is 4.69. The summed E-state index contributed by atoms with van der Waals surface area (Å²) in [5.74, 6) is -0.690. The number of allylic oxidation sites excluding steroid dienone is 1. The molecule has 0 saturated heterocycles. The first-order chi connectivity index (χ1) is 12.1. The van der Waals surface area contributed by atoms with Gasteiger partial charge in [-0.05, 0) is 56.5 Å². The van der Waals surface area contributed by atoms with Crippen molar-refractivity contribution in [3.05, 3.63) is 46.9 Å². The van der Waals surface area contributed by atoms with Crippen molar-refractivity contribution < 1.29 is 14.3 Å². The first kappa shape index (κ1) is 17.7. The minimum Gasteiger partial charge on any atom is -0.448 e. The number of hydrogen-bond acceptors (Lipinski definition) is 4. The Labute approximate surface area is 151 Å². The van der Waals surface area contributed by atoms with Gasteiger partial charge in [0, 0.05) is 11.2 Å². The largest absolute Gasteiger partial charge is 0.448 e. The fraction of sp³-hybridized carbons (Fsp3) is 0.400. The zero-order valence-electron chi connectivity index (χ0n) is 14.4. The Morgan fingerprint density at radius 1 is 1.28 bits per heavy atom. The lowest BCUT2D eigenvalue weighted by Crippen LogP contribution is -2.36. The van der Waals surface area contributed by atoms with E-state index in [-0.39, 0.29) is 5.91 Å². The van der Waals surface area contributed by atoms with Crippen molar-refractivity contribution >= 4 is 33.3 Å². The predicted octanol–water partition coefficient (Wildman–Crippen LogP) is 4.45. The number of nitrogens with one attached hydrogen (secondary N) is 1. The highest BCUT2D eigenvalue weighted by Gasteiger charge is 2.20. The molecule has 3 rings (SSSR count). The zero-order valence-corrected chi connectivity index (χ0v) is 15.2. The summed E-state index contributed by atoms with van der Waals surface area (Å²) in [4.78, 5) is 24.9. The lowest BCUT2D eigenvalue weighted by atomic mass is 9.97. The Bertz CT molecular complexity index is 760. The molecule has 25 heavy (non-hydrogen) atoms. The molecule has 1 heterocycles. The molecule has 1 atom stereocenters. The topological polar surface area (TPSA) is 55.4 Å². The second kappa shape index (κ2) is 8.30. The van der Waals surface area contributed by atoms with Crippen LogP contribution in [0.4, 0.5) is 0 Å². The van der Waals surface area contributed by atoms with Crippen molar-refractivity contribution in [2.45, 2.75) is 45.1 Å². The summed E-state index contributed by atoms with van der Waals surface area (Å²) >= 11 is 1.38. The number of fused-ring (bicyclic) bond motifs is 1. The molecular weight excluding hydrogens is 334 g/mol. The molecule has 1 amide bonds. The Morgan fingerprint density at radius 3 is 2.88 bits per heavy atom. The highest BCUT2D eigenvalue weighted by Crippen LogP contribution is 2.26. The number of amides is 1. The molecule has 5 heteroatoms. The fourth-order valence-corrected chi connectivity index (χ4v) is 3.92. The summed E-state index contributed by atoms with van der Waals surface area (Å²) < 4.78 is 6.35. The summed E-state index contributed by atoms with van der Waals surface area (Å²) in [6, 6.07) is 9.60. The van der Waals surface area contributed by atoms with Crippen LogP contribution in [0, 0.1) is 0 Å². The second-order valence-electron chi connectivity index (χ2n) is 6.35. The molecule has 0 saturated carbocycles. The van der Waals surface area contributed by atoms with Crippen LogP contribution in [-0.4, -0.2) is 24.5 Å². The molecule has 0 fully saturated rings. The lowest BCUT2D eigenvalue weighted by molar-refractivity contribution is -0.129. The van der Waals surface area contributed by atoms with Gasteiger partial charge in [-0.25, -0.2) is 4.79 Å². The van der Waals surface area contributed by atoms with Gasteiger partial charge >= 0.3 is 5.97 Å². The molecule has 1 aliphatic rings. The number of ether oxygens (including phenoxy) is 1. The van der Waals surface area contributed by atoms with Crippen LogP contribution in [0.1, 0.15) is 48.7 Å². The van der Waals surface area contributed by atoms with E-state index in [0.717, 1.165) is 29.3 Å². The van der Waals surface area contributed by atoms with E-state index in [1.54, 1.807) is 6.92 Å². The van der Waals surface area contributed by atoms with E-state index in [0.29, 0.717) is 11.4 Å². The van der Waals surface area contributed by atoms with Crippen LogP contribution in [0.25, 0.3) is 10.1 Å². The van der Waals surface area contributed by atoms with Gasteiger partial charge in [-0.1, -0.05) is 29.8 Å². The van der Waals surface area contributed by atoms with Gasteiger partial charge in [0.1, 0.15) is 4.88 Å². The number of thiophene rings is 1. The predicted molar refractivity (Wildman–Crippen MR) is 101 cm³/mol. The van der Waals surface area contributed by atoms with E-state index in [1.807, 2.05) is 30.3 Å². The van der Waals surface area contributed by atoms with Gasteiger partial charge in [-0.2, -0.15) is 0 Å². The number of carbonyl (C=O) groups is 2. The van der Waals surface area contributed by atoms with Crippen molar-refractivity contribution in [2.24, 2.45) is 0 Å². The van der Waals surface area contributed by atoms with Crippen LogP contribution in [-0.2, 0) is 9.53 Å². The Hall–Kier alpha value is -2.14. The van der Waals surface area contributed by atoms with E-state index in [9.17, 15) is 9.59 Å². The van der Waals surface area contributed by atoms with Crippen molar-refractivity contribution in [2.75, 3.05) is 6.54 Å². The molecule has 1 aromatic carbocycles. The number of benzene rings is 1. The summed E-state index contributed by atoms with van der Waals surface area (Å²) in [6.45, 7) is 2.20. The summed E-state index contributed by atoms with van der Waals surface area (Å²) in [5.41, 5.74) is 1.42. The molecule has 0 radical (unpaired) electrons. The highest BCUT2D eigenvalue weighted by atomic mass is 32.1. The number of hydrogen-bond donors (Lipinski definition) is 1. The summed E-state index contributed by atoms with van der Waals surface area (Å²) in [6.07, 6.45) is 7.14. The maximum Gasteiger partial charge on any atom is 0.349 e. The molecule has 0 bridgehead atoms. The van der Waals surface area contributed by atoms with Crippen LogP contribution in [0.15, 0.2) is 42.0 Å². The van der Waals surface area contributed by atoms with E-state index in [1.165, 1.54) is 29.8 Å². The molecule has 0 unspecified atom stereocenters. The van der Waals surface area contributed by atoms with Gasteiger partial charge in [0.25, 0.3) is 5.91 Å². The SMILES string of the molecule is C[C@@H](OC(=O)c1cc2ccccc2s1)C(=O)NCCC1=CCCCC1. The second-order valence-corrected chi connectivity index (χ2v) is 7.43. The minimum atomic E-state index is -0.793. The van der Waals surface area contributed by atoms with Crippen molar-refractivity contribution in [3.8, 4) is 0 Å². The van der Waals surface area contributed by atoms with E-state index in [4.69, 9.17) is 4.74 Å². The zero-order chi connectivity index (χ0) is 17.6. The van der Waals surface area contributed by atoms with Crippen LogP contribution in [0.2, 0.25) is 0 Å². The van der Waals surface area contributed by atoms with Crippen molar-refractivity contribution in [1.29, 1.82) is 0 Å². The first-order valence-electron chi connectivity index (χ1n) is 8.78. The van der Waals surface area contributed by atoms with Gasteiger partial charge in [-0.3, -0.25) is 4.79 Å². The Balaban J connectivity index is 1.48. The fourth-order valence-electron chi connectivity index (χ4n) is 2.98. The molecule has 1 aliphatic carbocycles. The summed E-state index contributed by atoms with van der Waals surface area (Å²) in [5, 5.41) is 3.87. The quantitative estimate of drug-likeness (QED) is 0.614. The maximum absolute atomic E-state index is 12.2. The number of rotatable bonds is 6. The van der Waals surface area contributed by atoms with Crippen LogP contribution in [0.3, 0.4) is 0 Å². The average Bonchev–Trinajstić information content (AvgIpc) is 3.07. The van der Waals surface area contributed by atoms with Gasteiger partial charge < -0.3 is 10.1 Å². The van der Waals surface area contributed by atoms with Crippen molar-refractivity contribution in [3.63, 3.8) is 0 Å². The van der Waals surface area contributed by atoms with Gasteiger partial charge in [0.15, 0.2) is 6.10 Å². The molecular formula is C20H23NO3S. The normalized spacial score (nSPS) is 15.5. The Kier molecular flexibility index (Phi) is 5.87. The summed E-state index contributed by atoms with van der Waals surface area (Å²) in [7, 11) is 0. The van der Waals surface area contributed by atoms with Crippen LogP contribution >= 0.6 is 11.3 Å². The molecule has 0 aliphatic heterocycles. The molecule has 1 N–H and O–H groups in total. The standard InChI is InChI=1S/C20H23NO3S/c1-14(19(22)21-12-11-15-7-3-2-4-8-15)24-20(23)18-13-16-9-5-6-10-17(16)25-18/h5-7,9-10,13-14H,2-4,8,11-12H2,1H3,(H,21,22)/t14-/m1/s1. The minimum absolute atomic E-state index is 0.245. The first-order valence-corrected chi connectivity index (χ1v) is 9.60. The Morgan fingerprint density at radius 2 is 2.12 bits per heavy atom. The number of esters is 1. The average molecular weight is 357 g/mol. The van der Waals surface area contributed by atoms with E-state index < -0.39 is 12.1 Å². The third-order valence-corrected chi connectivity index (χ3v) is 5.51. The molecule has 0 spiro atoms. The van der Waals surface area contributed by atoms with E-state index in [2.05, 4.69) is 11.4 Å². The van der Waals surface area contributed by atoms with Gasteiger partial charge in [0.2, 0.25) is 0 Å². The molecule has 4 nitrogen and oxygen atoms in total. The van der Waals surface area contributed by atoms with Gasteiger partial charge in [-0.15, -0.1) is 11.3 Å². The highest BCUT2D eigenvalue weighted by molar-refractivity contribution is 7.20. The lowest BCUT2D eigenvalue weighted by Gasteiger charge is -2.15. The maximum atomic E-state index is 12.2. The van der Waals surface area contributed by atoms with Crippen molar-refractivity contribution in [1.82, 2.24) is 5.32 Å². The monoisotopic (exact) mass is 357 g/mol. The third-order valence-electron chi connectivity index (χ3n) is 4.41.